The first-order chi connectivity index (χ1) is 18.4. The number of rotatable bonds is 7. The third kappa shape index (κ3) is 4.66. The van der Waals surface area contributed by atoms with Crippen LogP contribution in [0.2, 0.25) is 0 Å². The smallest absolute Gasteiger partial charge is 0.273 e. The fourth-order valence-electron chi connectivity index (χ4n) is 3.96. The Morgan fingerprint density at radius 2 is 1.84 bits per heavy atom. The molecule has 0 aliphatic carbocycles. The molecule has 0 unspecified atom stereocenters. The molecule has 0 radical (unpaired) electrons. The van der Waals surface area contributed by atoms with Crippen molar-refractivity contribution in [2.75, 3.05) is 38.4 Å². The van der Waals surface area contributed by atoms with E-state index >= 15 is 0 Å². The van der Waals surface area contributed by atoms with E-state index in [2.05, 4.69) is 41.2 Å². The highest BCUT2D eigenvalue weighted by Crippen LogP contribution is 2.37. The fraction of sp³-hybridized carbons (Fsp3) is 0.208. The number of fused-ring (bicyclic) bond motifs is 1. The van der Waals surface area contributed by atoms with Crippen molar-refractivity contribution in [1.82, 2.24) is 40.2 Å². The van der Waals surface area contributed by atoms with Crippen molar-refractivity contribution in [2.45, 2.75) is 6.54 Å². The van der Waals surface area contributed by atoms with Gasteiger partial charge in [-0.15, -0.1) is 10.2 Å². The maximum Gasteiger partial charge on any atom is 0.273 e. The fourth-order valence-corrected chi connectivity index (χ4v) is 3.96. The van der Waals surface area contributed by atoms with Gasteiger partial charge in [-0.05, 0) is 12.1 Å². The van der Waals surface area contributed by atoms with Gasteiger partial charge in [-0.25, -0.2) is 14.4 Å². The van der Waals surface area contributed by atoms with Crippen molar-refractivity contribution in [3.05, 3.63) is 59.9 Å². The number of benzene rings is 1. The highest BCUT2D eigenvalue weighted by atomic mass is 19.1. The predicted molar refractivity (Wildman–Crippen MR) is 135 cm³/mol. The van der Waals surface area contributed by atoms with Gasteiger partial charge in [0.1, 0.15) is 5.69 Å². The minimum Gasteiger partial charge on any atom is -0.494 e. The quantitative estimate of drug-likeness (QED) is 0.332. The average molecular weight is 519 g/mol. The van der Waals surface area contributed by atoms with E-state index in [0.29, 0.717) is 47.3 Å². The number of amides is 2. The SMILES string of the molecule is CNC(=O)c1nnc(Nc2cc3n(n2)CCN(C)C3=O)cc1Nc1cccc(-c2ncc(F)cn2)c1OC. The molecule has 14 heteroatoms. The van der Waals surface area contributed by atoms with Gasteiger partial charge >= 0.3 is 0 Å². The molecule has 1 aliphatic rings. The molecule has 0 fully saturated rings. The largest absolute Gasteiger partial charge is 0.494 e. The van der Waals surface area contributed by atoms with Crippen LogP contribution >= 0.6 is 0 Å². The predicted octanol–water partition coefficient (Wildman–Crippen LogP) is 2.21. The number of hydrogen-bond acceptors (Lipinski definition) is 10. The standard InChI is InChI=1S/C24H23FN10O3/c1-26-23(36)20-16(29-15-6-4-5-14(21(15)38-3)22-27-11-13(25)12-28-22)9-18(31-32-20)30-19-10-17-24(37)34(2)7-8-35(17)33-19/h4-6,9-12H,7-8H2,1-3H3,(H,26,36)(H2,29,30,31,33). The van der Waals surface area contributed by atoms with E-state index in [1.807, 2.05) is 0 Å². The van der Waals surface area contributed by atoms with Crippen molar-refractivity contribution in [2.24, 2.45) is 0 Å². The van der Waals surface area contributed by atoms with Crippen molar-refractivity contribution in [3.63, 3.8) is 0 Å². The lowest BCUT2D eigenvalue weighted by Gasteiger charge is -2.22. The Morgan fingerprint density at radius 3 is 2.58 bits per heavy atom. The summed E-state index contributed by atoms with van der Waals surface area (Å²) < 4.78 is 20.6. The van der Waals surface area contributed by atoms with Crippen molar-refractivity contribution >= 4 is 34.8 Å². The molecule has 0 saturated carbocycles. The van der Waals surface area contributed by atoms with Crippen molar-refractivity contribution in [3.8, 4) is 17.1 Å². The van der Waals surface area contributed by atoms with Gasteiger partial charge in [0.25, 0.3) is 11.8 Å². The molecule has 3 N–H and O–H groups in total. The van der Waals surface area contributed by atoms with Crippen LogP contribution in [-0.4, -0.2) is 74.4 Å². The van der Waals surface area contributed by atoms with Gasteiger partial charge in [-0.1, -0.05) is 6.07 Å². The summed E-state index contributed by atoms with van der Waals surface area (Å²) in [5.41, 5.74) is 1.80. The minimum atomic E-state index is -0.560. The van der Waals surface area contributed by atoms with Crippen LogP contribution in [0.4, 0.5) is 27.4 Å². The molecule has 38 heavy (non-hydrogen) atoms. The summed E-state index contributed by atoms with van der Waals surface area (Å²) in [5, 5.41) is 21.4. The zero-order chi connectivity index (χ0) is 26.8. The maximum absolute atomic E-state index is 13.4. The molecule has 1 aromatic carbocycles. The molecule has 0 saturated heterocycles. The summed E-state index contributed by atoms with van der Waals surface area (Å²) in [4.78, 5) is 34.7. The van der Waals surface area contributed by atoms with Crippen LogP contribution in [-0.2, 0) is 6.54 Å². The first-order valence-electron chi connectivity index (χ1n) is 11.5. The molecule has 3 aromatic heterocycles. The first-order valence-corrected chi connectivity index (χ1v) is 11.5. The highest BCUT2D eigenvalue weighted by Gasteiger charge is 2.24. The second-order valence-corrected chi connectivity index (χ2v) is 8.30. The lowest BCUT2D eigenvalue weighted by molar-refractivity contribution is 0.0742. The van der Waals surface area contributed by atoms with Crippen LogP contribution in [0.5, 0.6) is 5.75 Å². The van der Waals surface area contributed by atoms with Gasteiger partial charge in [-0.2, -0.15) is 5.10 Å². The van der Waals surface area contributed by atoms with Gasteiger partial charge in [0.2, 0.25) is 0 Å². The van der Waals surface area contributed by atoms with Crippen molar-refractivity contribution < 1.29 is 18.7 Å². The third-order valence-electron chi connectivity index (χ3n) is 5.83. The van der Waals surface area contributed by atoms with Crippen LogP contribution < -0.4 is 20.7 Å². The van der Waals surface area contributed by atoms with E-state index < -0.39 is 11.7 Å². The molecule has 1 aliphatic heterocycles. The Hall–Kier alpha value is -5.14. The van der Waals surface area contributed by atoms with E-state index in [9.17, 15) is 14.0 Å². The number of hydrogen-bond donors (Lipinski definition) is 3. The highest BCUT2D eigenvalue weighted by molar-refractivity contribution is 5.99. The molecule has 2 amide bonds. The number of nitrogens with one attached hydrogen (secondary N) is 3. The molecule has 0 spiro atoms. The average Bonchev–Trinajstić information content (AvgIpc) is 3.34. The number of carbonyl (C=O) groups excluding carboxylic acids is 2. The number of methoxy groups -OCH3 is 1. The molecule has 0 atom stereocenters. The summed E-state index contributed by atoms with van der Waals surface area (Å²) in [7, 11) is 4.69. The van der Waals surface area contributed by atoms with E-state index in [1.54, 1.807) is 47.0 Å². The number of nitrogens with zero attached hydrogens (tertiary/aromatic N) is 7. The lowest BCUT2D eigenvalue weighted by Crippen LogP contribution is -2.37. The molecule has 4 aromatic rings. The molecule has 13 nitrogen and oxygen atoms in total. The molecular formula is C24H23FN10O3. The van der Waals surface area contributed by atoms with Crippen LogP contribution in [0.1, 0.15) is 21.0 Å². The number of likely N-dealkylation sites (N-methyl/N-ethyl adjacent to an activating group) is 1. The second kappa shape index (κ2) is 10.1. The number of aromatic nitrogens is 6. The topological polar surface area (TPSA) is 152 Å². The van der Waals surface area contributed by atoms with E-state index in [4.69, 9.17) is 4.74 Å². The van der Waals surface area contributed by atoms with Gasteiger partial charge in [0.05, 0.1) is 43.0 Å². The molecule has 5 rings (SSSR count). The summed E-state index contributed by atoms with van der Waals surface area (Å²) in [6.45, 7) is 1.13. The number of carbonyl (C=O) groups is 2. The van der Waals surface area contributed by atoms with Crippen LogP contribution in [0, 0.1) is 5.82 Å². The zero-order valence-electron chi connectivity index (χ0n) is 20.7. The molecule has 0 bridgehead atoms. The summed E-state index contributed by atoms with van der Waals surface area (Å²) in [6, 6.07) is 8.43. The van der Waals surface area contributed by atoms with Crippen LogP contribution in [0.15, 0.2) is 42.7 Å². The van der Waals surface area contributed by atoms with Gasteiger partial charge < -0.3 is 25.6 Å². The van der Waals surface area contributed by atoms with Gasteiger partial charge in [0.15, 0.2) is 34.7 Å². The third-order valence-corrected chi connectivity index (χ3v) is 5.83. The lowest BCUT2D eigenvalue weighted by atomic mass is 10.1. The monoisotopic (exact) mass is 518 g/mol. The number of halogens is 1. The van der Waals surface area contributed by atoms with Gasteiger partial charge in [0, 0.05) is 32.8 Å². The Kier molecular flexibility index (Phi) is 6.51. The van der Waals surface area contributed by atoms with Crippen molar-refractivity contribution in [1.29, 1.82) is 0 Å². The number of anilines is 4. The zero-order valence-corrected chi connectivity index (χ0v) is 20.7. The molecule has 4 heterocycles. The Morgan fingerprint density at radius 1 is 1.05 bits per heavy atom. The summed E-state index contributed by atoms with van der Waals surface area (Å²) in [6.07, 6.45) is 2.13. The van der Waals surface area contributed by atoms with E-state index in [1.165, 1.54) is 14.2 Å². The van der Waals surface area contributed by atoms with Gasteiger partial charge in [-0.3, -0.25) is 14.3 Å². The minimum absolute atomic E-state index is 0.0319. The second-order valence-electron chi connectivity index (χ2n) is 8.30. The maximum atomic E-state index is 13.4. The number of para-hydroxylation sites is 1. The van der Waals surface area contributed by atoms with E-state index in [0.717, 1.165) is 12.4 Å². The van der Waals surface area contributed by atoms with Crippen LogP contribution in [0.25, 0.3) is 11.4 Å². The first kappa shape index (κ1) is 24.5. The normalized spacial score (nSPS) is 12.6. The van der Waals surface area contributed by atoms with Crippen LogP contribution in [0.3, 0.4) is 0 Å². The summed E-state index contributed by atoms with van der Waals surface area (Å²) in [5.74, 6) is 0.176. The molecular weight excluding hydrogens is 495 g/mol. The molecule has 194 valence electrons. The number of ether oxygens (including phenoxy) is 1. The van der Waals surface area contributed by atoms with E-state index in [-0.39, 0.29) is 23.2 Å². The summed E-state index contributed by atoms with van der Waals surface area (Å²) >= 11 is 0. The Balaban J connectivity index is 1.49. The Labute approximate surface area is 216 Å². The Bertz CT molecular complexity index is 1520.